The lowest BCUT2D eigenvalue weighted by molar-refractivity contribution is 0.102. The molecule has 0 spiro atoms. The Balaban J connectivity index is 1.94. The summed E-state index contributed by atoms with van der Waals surface area (Å²) in [5.41, 5.74) is 0.870. The molecule has 0 aromatic heterocycles. The van der Waals surface area contributed by atoms with Gasteiger partial charge in [-0.25, -0.2) is 17.5 Å². The zero-order valence-corrected chi connectivity index (χ0v) is 18.6. The fraction of sp³-hybridized carbons (Fsp3) is 0.409. The molecule has 0 unspecified atom stereocenters. The minimum atomic E-state index is -3.81. The minimum absolute atomic E-state index is 0.0125. The minimum Gasteiger partial charge on any atom is -0.370 e. The lowest BCUT2D eigenvalue weighted by Gasteiger charge is -2.22. The third kappa shape index (κ3) is 4.99. The number of para-hydroxylation sites is 1. The molecule has 0 saturated carbocycles. The molecule has 1 fully saturated rings. The number of anilines is 2. The van der Waals surface area contributed by atoms with Crippen LogP contribution in [0, 0.1) is 12.7 Å². The number of halogens is 1. The normalized spacial score (nSPS) is 14.8. The fourth-order valence-corrected chi connectivity index (χ4v) is 4.96. The second-order valence-corrected chi connectivity index (χ2v) is 10.3. The van der Waals surface area contributed by atoms with Crippen LogP contribution in [0.3, 0.4) is 0 Å². The van der Waals surface area contributed by atoms with Crippen LogP contribution >= 0.6 is 0 Å². The fourth-order valence-electron chi connectivity index (χ4n) is 3.51. The SMILES string of the molecule is Cc1ccc(S(=O)(=O)NC(C)(C)C)cc1C(=O)Nc1c(F)cccc1N1CCCC1. The van der Waals surface area contributed by atoms with Crippen molar-refractivity contribution in [3.63, 3.8) is 0 Å². The monoisotopic (exact) mass is 433 g/mol. The Kier molecular flexibility index (Phi) is 6.19. The number of nitrogens with one attached hydrogen (secondary N) is 2. The van der Waals surface area contributed by atoms with Gasteiger partial charge in [0.2, 0.25) is 10.0 Å². The van der Waals surface area contributed by atoms with Crippen molar-refractivity contribution >= 4 is 27.3 Å². The average Bonchev–Trinajstić information content (AvgIpc) is 3.16. The summed E-state index contributed by atoms with van der Waals surface area (Å²) in [7, 11) is -3.81. The molecule has 2 aromatic carbocycles. The standard InChI is InChI=1S/C22H28FN3O3S/c1-15-10-11-16(30(28,29)25-22(2,3)4)14-17(15)21(27)24-20-18(23)8-7-9-19(20)26-12-5-6-13-26/h7-11,14,25H,5-6,12-13H2,1-4H3,(H,24,27). The van der Waals surface area contributed by atoms with Gasteiger partial charge in [-0.05, 0) is 70.4 Å². The van der Waals surface area contributed by atoms with Crippen LogP contribution in [0.15, 0.2) is 41.3 Å². The van der Waals surface area contributed by atoms with Crippen molar-refractivity contribution < 1.29 is 17.6 Å². The summed E-state index contributed by atoms with van der Waals surface area (Å²) in [6, 6.07) is 9.07. The molecule has 2 aromatic rings. The first-order chi connectivity index (χ1) is 14.0. The summed E-state index contributed by atoms with van der Waals surface area (Å²) in [4.78, 5) is 15.0. The first-order valence-corrected chi connectivity index (χ1v) is 11.5. The van der Waals surface area contributed by atoms with Crippen LogP contribution in [0.25, 0.3) is 0 Å². The molecular formula is C22H28FN3O3S. The summed E-state index contributed by atoms with van der Waals surface area (Å²) in [5, 5.41) is 2.67. The Bertz CT molecular complexity index is 1060. The molecule has 0 aliphatic carbocycles. The van der Waals surface area contributed by atoms with Gasteiger partial charge >= 0.3 is 0 Å². The van der Waals surface area contributed by atoms with E-state index in [9.17, 15) is 17.6 Å². The van der Waals surface area contributed by atoms with E-state index in [1.54, 1.807) is 45.9 Å². The molecule has 1 saturated heterocycles. The average molecular weight is 434 g/mol. The quantitative estimate of drug-likeness (QED) is 0.745. The Morgan fingerprint density at radius 3 is 2.40 bits per heavy atom. The molecule has 8 heteroatoms. The van der Waals surface area contributed by atoms with E-state index in [0.29, 0.717) is 11.3 Å². The van der Waals surface area contributed by atoms with Crippen molar-refractivity contribution in [1.29, 1.82) is 0 Å². The Morgan fingerprint density at radius 2 is 1.77 bits per heavy atom. The summed E-state index contributed by atoms with van der Waals surface area (Å²) in [6.45, 7) is 8.54. The summed E-state index contributed by atoms with van der Waals surface area (Å²) < 4.78 is 42.5. The summed E-state index contributed by atoms with van der Waals surface area (Å²) >= 11 is 0. The van der Waals surface area contributed by atoms with Crippen LogP contribution in [0.2, 0.25) is 0 Å². The predicted octanol–water partition coefficient (Wildman–Crippen LogP) is 4.06. The lowest BCUT2D eigenvalue weighted by Crippen LogP contribution is -2.40. The van der Waals surface area contributed by atoms with Crippen molar-refractivity contribution in [3.05, 3.63) is 53.3 Å². The second kappa shape index (κ2) is 8.35. The van der Waals surface area contributed by atoms with E-state index < -0.39 is 27.3 Å². The van der Waals surface area contributed by atoms with Gasteiger partial charge in [-0.15, -0.1) is 0 Å². The maximum Gasteiger partial charge on any atom is 0.256 e. The van der Waals surface area contributed by atoms with Gasteiger partial charge in [-0.2, -0.15) is 0 Å². The van der Waals surface area contributed by atoms with Gasteiger partial charge in [-0.1, -0.05) is 12.1 Å². The maximum atomic E-state index is 14.6. The molecule has 1 aliphatic heterocycles. The summed E-state index contributed by atoms with van der Waals surface area (Å²) in [6.07, 6.45) is 2.04. The first-order valence-electron chi connectivity index (χ1n) is 9.97. The van der Waals surface area contributed by atoms with Crippen molar-refractivity contribution in [2.45, 2.75) is 51.0 Å². The molecule has 0 radical (unpaired) electrons. The molecule has 2 N–H and O–H groups in total. The van der Waals surface area contributed by atoms with E-state index in [0.717, 1.165) is 25.9 Å². The van der Waals surface area contributed by atoms with Gasteiger partial charge < -0.3 is 10.2 Å². The third-order valence-electron chi connectivity index (χ3n) is 4.88. The zero-order valence-electron chi connectivity index (χ0n) is 17.8. The van der Waals surface area contributed by atoms with Gasteiger partial charge in [0.25, 0.3) is 5.91 Å². The highest BCUT2D eigenvalue weighted by molar-refractivity contribution is 7.89. The van der Waals surface area contributed by atoms with Crippen molar-refractivity contribution in [3.8, 4) is 0 Å². The highest BCUT2D eigenvalue weighted by Crippen LogP contribution is 2.32. The van der Waals surface area contributed by atoms with Gasteiger partial charge in [0.15, 0.2) is 0 Å². The molecule has 1 aliphatic rings. The number of benzene rings is 2. The number of hydrogen-bond acceptors (Lipinski definition) is 4. The number of sulfonamides is 1. The molecule has 162 valence electrons. The summed E-state index contributed by atoms with van der Waals surface area (Å²) in [5.74, 6) is -1.07. The smallest absolute Gasteiger partial charge is 0.256 e. The number of carbonyl (C=O) groups is 1. The molecule has 1 amide bonds. The highest BCUT2D eigenvalue weighted by atomic mass is 32.2. The lowest BCUT2D eigenvalue weighted by atomic mass is 10.1. The van der Waals surface area contributed by atoms with Crippen LogP contribution < -0.4 is 14.9 Å². The first kappa shape index (κ1) is 22.2. The molecule has 1 heterocycles. The Labute approximate surface area is 177 Å². The number of carbonyl (C=O) groups excluding carboxylic acids is 1. The molecule has 6 nitrogen and oxygen atoms in total. The Morgan fingerprint density at radius 1 is 1.10 bits per heavy atom. The molecular weight excluding hydrogens is 405 g/mol. The molecule has 0 bridgehead atoms. The van der Waals surface area contributed by atoms with Gasteiger partial charge in [-0.3, -0.25) is 4.79 Å². The number of nitrogens with zero attached hydrogens (tertiary/aromatic N) is 1. The van der Waals surface area contributed by atoms with E-state index in [1.807, 2.05) is 4.90 Å². The number of hydrogen-bond donors (Lipinski definition) is 2. The van der Waals surface area contributed by atoms with Crippen molar-refractivity contribution in [2.75, 3.05) is 23.3 Å². The topological polar surface area (TPSA) is 78.5 Å². The number of aryl methyl sites for hydroxylation is 1. The largest absolute Gasteiger partial charge is 0.370 e. The highest BCUT2D eigenvalue weighted by Gasteiger charge is 2.25. The van der Waals surface area contributed by atoms with Crippen LogP contribution in [-0.2, 0) is 10.0 Å². The van der Waals surface area contributed by atoms with E-state index in [4.69, 9.17) is 0 Å². The van der Waals surface area contributed by atoms with E-state index in [1.165, 1.54) is 18.2 Å². The maximum absolute atomic E-state index is 14.6. The molecule has 30 heavy (non-hydrogen) atoms. The van der Waals surface area contributed by atoms with Crippen molar-refractivity contribution in [2.24, 2.45) is 0 Å². The molecule has 0 atom stereocenters. The second-order valence-electron chi connectivity index (χ2n) is 8.61. The van der Waals surface area contributed by atoms with E-state index in [-0.39, 0.29) is 16.1 Å². The molecule has 3 rings (SSSR count). The van der Waals surface area contributed by atoms with Crippen LogP contribution in [0.5, 0.6) is 0 Å². The van der Waals surface area contributed by atoms with Gasteiger partial charge in [0.1, 0.15) is 11.5 Å². The zero-order chi connectivity index (χ0) is 22.1. The van der Waals surface area contributed by atoms with Crippen LogP contribution in [-0.4, -0.2) is 33.0 Å². The number of amides is 1. The predicted molar refractivity (Wildman–Crippen MR) is 117 cm³/mol. The van der Waals surface area contributed by atoms with Crippen LogP contribution in [0.1, 0.15) is 49.5 Å². The third-order valence-corrected chi connectivity index (χ3v) is 6.64. The number of rotatable bonds is 5. The van der Waals surface area contributed by atoms with Crippen LogP contribution in [0.4, 0.5) is 15.8 Å². The Hall–Kier alpha value is -2.45. The van der Waals surface area contributed by atoms with Crippen molar-refractivity contribution in [1.82, 2.24) is 4.72 Å². The van der Waals surface area contributed by atoms with E-state index >= 15 is 0 Å². The van der Waals surface area contributed by atoms with E-state index in [2.05, 4.69) is 10.0 Å². The van der Waals surface area contributed by atoms with Gasteiger partial charge in [0, 0.05) is 24.2 Å². The van der Waals surface area contributed by atoms with Gasteiger partial charge in [0.05, 0.1) is 10.6 Å².